The second-order valence-electron chi connectivity index (χ2n) is 1.70. The van der Waals surface area contributed by atoms with Gasteiger partial charge in [-0.05, 0) is 6.92 Å². The summed E-state index contributed by atoms with van der Waals surface area (Å²) in [7, 11) is 2.48. The molecule has 0 aliphatic carbocycles. The lowest BCUT2D eigenvalue weighted by atomic mass is 10.2. The minimum Gasteiger partial charge on any atom is -0.388 e. The molecular weight excluding hydrogens is 139 g/mol. The summed E-state index contributed by atoms with van der Waals surface area (Å²) in [5, 5.41) is 8.99. The lowest BCUT2D eigenvalue weighted by Crippen LogP contribution is -2.08. The van der Waals surface area contributed by atoms with Crippen LogP contribution in [0, 0.1) is 0 Å². The number of aliphatic hydroxyl groups excluding tert-OH is 1. The minimum atomic E-state index is -0.336. The number of hydrogen-bond acceptors (Lipinski definition) is 2. The largest absolute Gasteiger partial charge is 0.388 e. The predicted molar refractivity (Wildman–Crippen MR) is 43.0 cm³/mol. The summed E-state index contributed by atoms with van der Waals surface area (Å²) in [6.07, 6.45) is -0.336. The van der Waals surface area contributed by atoms with Gasteiger partial charge in [0, 0.05) is 5.75 Å². The first kappa shape index (κ1) is 8.48. The SMILES string of the molecule is C=C(C)C(O)CSP. The highest BCUT2D eigenvalue weighted by molar-refractivity contribution is 8.43. The monoisotopic (exact) mass is 150 g/mol. The van der Waals surface area contributed by atoms with E-state index in [0.29, 0.717) is 0 Å². The molecule has 0 heterocycles. The number of hydrogen-bond donors (Lipinski definition) is 1. The van der Waals surface area contributed by atoms with Crippen LogP contribution in [0.5, 0.6) is 0 Å². The van der Waals surface area contributed by atoms with Gasteiger partial charge >= 0.3 is 0 Å². The van der Waals surface area contributed by atoms with Gasteiger partial charge in [-0.2, -0.15) is 0 Å². The third-order valence-corrected chi connectivity index (χ3v) is 1.91. The molecule has 2 unspecified atom stereocenters. The predicted octanol–water partition coefficient (Wildman–Crippen LogP) is 1.45. The highest BCUT2D eigenvalue weighted by Gasteiger charge is 2.00. The molecule has 0 aliphatic heterocycles. The molecule has 0 radical (unpaired) electrons. The second kappa shape index (κ2) is 4.37. The first-order chi connectivity index (χ1) is 3.68. The summed E-state index contributed by atoms with van der Waals surface area (Å²) >= 11 is 1.54. The zero-order valence-electron chi connectivity index (χ0n) is 4.92. The van der Waals surface area contributed by atoms with Gasteiger partial charge in [-0.1, -0.05) is 20.6 Å². The molecular formula is C5H11OPS. The summed E-state index contributed by atoms with van der Waals surface area (Å²) in [5.74, 6) is 0.722. The van der Waals surface area contributed by atoms with Crippen molar-refractivity contribution in [2.45, 2.75) is 13.0 Å². The van der Waals surface area contributed by atoms with E-state index in [0.717, 1.165) is 11.3 Å². The fourth-order valence-electron chi connectivity index (χ4n) is 0.233. The van der Waals surface area contributed by atoms with Crippen molar-refractivity contribution < 1.29 is 5.11 Å². The van der Waals surface area contributed by atoms with Gasteiger partial charge in [0.1, 0.15) is 0 Å². The average Bonchev–Trinajstić information content (AvgIpc) is 1.67. The van der Waals surface area contributed by atoms with Crippen molar-refractivity contribution in [2.75, 3.05) is 5.75 Å². The lowest BCUT2D eigenvalue weighted by molar-refractivity contribution is 0.237. The van der Waals surface area contributed by atoms with E-state index >= 15 is 0 Å². The van der Waals surface area contributed by atoms with E-state index in [2.05, 4.69) is 15.0 Å². The van der Waals surface area contributed by atoms with Crippen LogP contribution in [0.15, 0.2) is 12.2 Å². The van der Waals surface area contributed by atoms with E-state index in [4.69, 9.17) is 5.11 Å². The third kappa shape index (κ3) is 3.48. The molecule has 2 atom stereocenters. The summed E-state index contributed by atoms with van der Waals surface area (Å²) in [4.78, 5) is 0. The molecule has 1 N–H and O–H groups in total. The van der Waals surface area contributed by atoms with Gasteiger partial charge in [0.25, 0.3) is 0 Å². The molecule has 0 saturated heterocycles. The fraction of sp³-hybridized carbons (Fsp3) is 0.600. The molecule has 0 bridgehead atoms. The summed E-state index contributed by atoms with van der Waals surface area (Å²) in [6, 6.07) is 0. The summed E-state index contributed by atoms with van der Waals surface area (Å²) in [5.41, 5.74) is 0.833. The highest BCUT2D eigenvalue weighted by atomic mass is 32.7. The van der Waals surface area contributed by atoms with Gasteiger partial charge in [0.15, 0.2) is 0 Å². The second-order valence-corrected chi connectivity index (χ2v) is 3.36. The molecule has 0 aliphatic rings. The zero-order valence-corrected chi connectivity index (χ0v) is 6.90. The van der Waals surface area contributed by atoms with Gasteiger partial charge in [-0.15, -0.1) is 11.4 Å². The maximum Gasteiger partial charge on any atom is 0.0838 e. The van der Waals surface area contributed by atoms with Gasteiger partial charge < -0.3 is 5.11 Å². The molecule has 8 heavy (non-hydrogen) atoms. The molecule has 1 nitrogen and oxygen atoms in total. The number of rotatable bonds is 3. The van der Waals surface area contributed by atoms with Crippen LogP contribution in [0.25, 0.3) is 0 Å². The summed E-state index contributed by atoms with van der Waals surface area (Å²) in [6.45, 7) is 5.43. The van der Waals surface area contributed by atoms with Gasteiger partial charge in [0.05, 0.1) is 6.10 Å². The van der Waals surface area contributed by atoms with Crippen LogP contribution in [0.1, 0.15) is 6.92 Å². The van der Waals surface area contributed by atoms with Gasteiger partial charge in [-0.25, -0.2) is 0 Å². The normalized spacial score (nSPS) is 13.4. The van der Waals surface area contributed by atoms with Crippen molar-refractivity contribution in [3.8, 4) is 0 Å². The Hall–Kier alpha value is 0.480. The van der Waals surface area contributed by atoms with Gasteiger partial charge in [-0.3, -0.25) is 0 Å². The Balaban J connectivity index is 3.32. The van der Waals surface area contributed by atoms with Crippen molar-refractivity contribution in [3.63, 3.8) is 0 Å². The van der Waals surface area contributed by atoms with E-state index in [-0.39, 0.29) is 6.10 Å². The van der Waals surface area contributed by atoms with E-state index in [1.165, 1.54) is 0 Å². The van der Waals surface area contributed by atoms with Crippen LogP contribution in [0.3, 0.4) is 0 Å². The first-order valence-electron chi connectivity index (χ1n) is 2.33. The van der Waals surface area contributed by atoms with Crippen LogP contribution in [0.4, 0.5) is 0 Å². The van der Waals surface area contributed by atoms with Crippen molar-refractivity contribution in [1.29, 1.82) is 0 Å². The van der Waals surface area contributed by atoms with Crippen LogP contribution in [-0.2, 0) is 0 Å². The topological polar surface area (TPSA) is 20.2 Å². The zero-order chi connectivity index (χ0) is 6.57. The van der Waals surface area contributed by atoms with E-state index in [1.54, 1.807) is 11.4 Å². The van der Waals surface area contributed by atoms with Crippen LogP contribution >= 0.6 is 19.8 Å². The molecule has 0 fully saturated rings. The lowest BCUT2D eigenvalue weighted by Gasteiger charge is -2.05. The molecule has 0 aromatic heterocycles. The Morgan fingerprint density at radius 1 is 2.00 bits per heavy atom. The Kier molecular flexibility index (Phi) is 4.63. The third-order valence-electron chi connectivity index (χ3n) is 0.823. The number of aliphatic hydroxyl groups is 1. The van der Waals surface area contributed by atoms with Gasteiger partial charge in [0.2, 0.25) is 0 Å². The smallest absolute Gasteiger partial charge is 0.0838 e. The fourth-order valence-corrected chi connectivity index (χ4v) is 1.25. The van der Waals surface area contributed by atoms with Crippen LogP contribution < -0.4 is 0 Å². The van der Waals surface area contributed by atoms with Crippen molar-refractivity contribution in [3.05, 3.63) is 12.2 Å². The molecule has 3 heteroatoms. The van der Waals surface area contributed by atoms with E-state index in [1.807, 2.05) is 6.92 Å². The molecule has 0 rings (SSSR count). The maximum absolute atomic E-state index is 8.99. The summed E-state index contributed by atoms with van der Waals surface area (Å²) < 4.78 is 0. The quantitative estimate of drug-likeness (QED) is 0.485. The van der Waals surface area contributed by atoms with E-state index < -0.39 is 0 Å². The van der Waals surface area contributed by atoms with Crippen molar-refractivity contribution >= 4 is 19.8 Å². The highest BCUT2D eigenvalue weighted by Crippen LogP contribution is 2.14. The van der Waals surface area contributed by atoms with Crippen LogP contribution in [0.2, 0.25) is 0 Å². The molecule has 0 spiro atoms. The maximum atomic E-state index is 8.99. The average molecular weight is 150 g/mol. The minimum absolute atomic E-state index is 0.336. The van der Waals surface area contributed by atoms with Crippen molar-refractivity contribution in [2.24, 2.45) is 0 Å². The molecule has 0 aromatic rings. The van der Waals surface area contributed by atoms with Crippen molar-refractivity contribution in [1.82, 2.24) is 0 Å². The Morgan fingerprint density at radius 3 is 2.62 bits per heavy atom. The Bertz CT molecular complexity index is 84.5. The molecule has 0 saturated carbocycles. The molecule has 0 amide bonds. The molecule has 0 aromatic carbocycles. The Morgan fingerprint density at radius 2 is 2.50 bits per heavy atom. The standard InChI is InChI=1S/C5H11OPS/c1-4(2)5(6)3-8-7/h5-6H,1,3,7H2,2H3. The Labute approximate surface area is 56.5 Å². The van der Waals surface area contributed by atoms with E-state index in [9.17, 15) is 0 Å². The molecule has 48 valence electrons. The first-order valence-corrected chi connectivity index (χ1v) is 4.80. The van der Waals surface area contributed by atoms with Crippen LogP contribution in [-0.4, -0.2) is 17.0 Å².